The van der Waals surface area contributed by atoms with Crippen molar-refractivity contribution in [2.45, 2.75) is 25.0 Å². The highest BCUT2D eigenvalue weighted by atomic mass is 32.2. The van der Waals surface area contributed by atoms with Gasteiger partial charge in [-0.25, -0.2) is 17.8 Å². The Bertz CT molecular complexity index is 1050. The molecule has 0 aliphatic rings. The third kappa shape index (κ3) is 4.95. The summed E-state index contributed by atoms with van der Waals surface area (Å²) in [5, 5.41) is -0.161. The summed E-state index contributed by atoms with van der Waals surface area (Å²) in [5.74, 6) is 0.780. The van der Waals surface area contributed by atoms with Crippen molar-refractivity contribution in [3.05, 3.63) is 83.3 Å². The van der Waals surface area contributed by atoms with Crippen LogP contribution in [-0.4, -0.2) is 31.9 Å². The monoisotopic (exact) mass is 430 g/mol. The molecule has 0 spiro atoms. The van der Waals surface area contributed by atoms with Crippen molar-refractivity contribution in [3.63, 3.8) is 0 Å². The molecule has 30 heavy (non-hydrogen) atoms. The van der Waals surface area contributed by atoms with E-state index in [4.69, 9.17) is 9.47 Å². The molecule has 0 atom stereocenters. The number of nitrogens with zero attached hydrogens (tertiary/aromatic N) is 2. The molecule has 0 amide bonds. The molecule has 0 saturated heterocycles. The lowest BCUT2D eigenvalue weighted by Crippen LogP contribution is -2.31. The third-order valence-electron chi connectivity index (χ3n) is 4.62. The van der Waals surface area contributed by atoms with E-state index in [1.807, 2.05) is 0 Å². The molecule has 0 bridgehead atoms. The van der Waals surface area contributed by atoms with E-state index in [9.17, 15) is 12.8 Å². The first-order valence-electron chi connectivity index (χ1n) is 9.21. The Labute approximate surface area is 176 Å². The first-order valence-corrected chi connectivity index (χ1v) is 10.7. The third-order valence-corrected chi connectivity index (χ3v) is 6.47. The van der Waals surface area contributed by atoms with Gasteiger partial charge in [0.25, 0.3) is 10.0 Å². The molecule has 0 fully saturated rings. The smallest absolute Gasteiger partial charge is 0.261 e. The Morgan fingerprint density at radius 2 is 1.37 bits per heavy atom. The molecule has 0 radical (unpaired) electrons. The van der Waals surface area contributed by atoms with Crippen molar-refractivity contribution in [2.24, 2.45) is 0 Å². The SMILES string of the molecule is COc1ccc(CN(Cc2ccc(OC)cc2)S(=O)(=O)c2ncc(F)cc2C)cc1. The van der Waals surface area contributed by atoms with Gasteiger partial charge >= 0.3 is 0 Å². The van der Waals surface area contributed by atoms with Gasteiger partial charge in [0.05, 0.1) is 20.4 Å². The van der Waals surface area contributed by atoms with E-state index >= 15 is 0 Å². The average molecular weight is 431 g/mol. The number of pyridine rings is 1. The van der Waals surface area contributed by atoms with E-state index in [2.05, 4.69) is 4.98 Å². The lowest BCUT2D eigenvalue weighted by atomic mass is 10.2. The van der Waals surface area contributed by atoms with Crippen LogP contribution in [0.2, 0.25) is 0 Å². The topological polar surface area (TPSA) is 68.7 Å². The quantitative estimate of drug-likeness (QED) is 0.542. The fourth-order valence-corrected chi connectivity index (χ4v) is 4.55. The van der Waals surface area contributed by atoms with Crippen molar-refractivity contribution in [3.8, 4) is 11.5 Å². The molecule has 3 rings (SSSR count). The molecule has 2 aromatic carbocycles. The number of halogens is 1. The molecule has 0 aliphatic heterocycles. The molecule has 6 nitrogen and oxygen atoms in total. The number of aryl methyl sites for hydroxylation is 1. The second kappa shape index (κ2) is 9.23. The summed E-state index contributed by atoms with van der Waals surface area (Å²) in [7, 11) is -0.847. The van der Waals surface area contributed by atoms with Crippen LogP contribution in [0.3, 0.4) is 0 Å². The molecule has 0 N–H and O–H groups in total. The Balaban J connectivity index is 1.97. The van der Waals surface area contributed by atoms with Crippen molar-refractivity contribution >= 4 is 10.0 Å². The summed E-state index contributed by atoms with van der Waals surface area (Å²) < 4.78 is 52.0. The van der Waals surface area contributed by atoms with Gasteiger partial charge in [-0.05, 0) is 53.9 Å². The number of rotatable bonds is 8. The van der Waals surface area contributed by atoms with Crippen LogP contribution in [0.4, 0.5) is 4.39 Å². The van der Waals surface area contributed by atoms with E-state index in [0.29, 0.717) is 11.5 Å². The van der Waals surface area contributed by atoms with Crippen molar-refractivity contribution < 1.29 is 22.3 Å². The van der Waals surface area contributed by atoms with Crippen LogP contribution < -0.4 is 9.47 Å². The van der Waals surface area contributed by atoms with E-state index in [1.165, 1.54) is 17.3 Å². The highest BCUT2D eigenvalue weighted by molar-refractivity contribution is 7.89. The van der Waals surface area contributed by atoms with Gasteiger partial charge in [0, 0.05) is 13.1 Å². The number of methoxy groups -OCH3 is 2. The van der Waals surface area contributed by atoms with Crippen LogP contribution in [0, 0.1) is 12.7 Å². The minimum Gasteiger partial charge on any atom is -0.497 e. The molecular formula is C22H23FN2O4S. The van der Waals surface area contributed by atoms with Gasteiger partial charge in [0.1, 0.15) is 17.3 Å². The predicted octanol–water partition coefficient (Wildman–Crippen LogP) is 3.94. The van der Waals surface area contributed by atoms with Crippen molar-refractivity contribution in [1.29, 1.82) is 0 Å². The molecule has 1 heterocycles. The minimum atomic E-state index is -3.98. The second-order valence-corrected chi connectivity index (χ2v) is 8.60. The van der Waals surface area contributed by atoms with E-state index in [0.717, 1.165) is 17.3 Å². The molecule has 0 aliphatic carbocycles. The summed E-state index contributed by atoms with van der Waals surface area (Å²) in [6.07, 6.45) is 0.916. The highest BCUT2D eigenvalue weighted by Gasteiger charge is 2.28. The van der Waals surface area contributed by atoms with E-state index in [-0.39, 0.29) is 23.7 Å². The second-order valence-electron chi connectivity index (χ2n) is 6.74. The number of hydrogen-bond acceptors (Lipinski definition) is 5. The number of hydrogen-bond donors (Lipinski definition) is 0. The standard InChI is InChI=1S/C22H23FN2O4S/c1-16-12-19(23)13-24-22(16)30(26,27)25(14-17-4-8-20(28-2)9-5-17)15-18-6-10-21(29-3)11-7-18/h4-13H,14-15H2,1-3H3. The highest BCUT2D eigenvalue weighted by Crippen LogP contribution is 2.24. The first kappa shape index (κ1) is 21.7. The van der Waals surface area contributed by atoms with Gasteiger partial charge in [0.15, 0.2) is 5.03 Å². The Morgan fingerprint density at radius 3 is 1.77 bits per heavy atom. The maximum absolute atomic E-state index is 13.5. The van der Waals surface area contributed by atoms with Crippen LogP contribution in [-0.2, 0) is 23.1 Å². The largest absolute Gasteiger partial charge is 0.497 e. The first-order chi connectivity index (χ1) is 14.3. The molecule has 0 saturated carbocycles. The van der Waals surface area contributed by atoms with Crippen LogP contribution in [0.15, 0.2) is 65.8 Å². The Morgan fingerprint density at radius 1 is 0.900 bits per heavy atom. The zero-order valence-corrected chi connectivity index (χ0v) is 17.8. The summed E-state index contributed by atoms with van der Waals surface area (Å²) in [5.41, 5.74) is 1.82. The van der Waals surface area contributed by atoms with Gasteiger partial charge < -0.3 is 9.47 Å². The van der Waals surface area contributed by atoms with Crippen LogP contribution in [0.5, 0.6) is 11.5 Å². The van der Waals surface area contributed by atoms with Gasteiger partial charge in [0.2, 0.25) is 0 Å². The summed E-state index contributed by atoms with van der Waals surface area (Å²) in [6.45, 7) is 1.77. The summed E-state index contributed by atoms with van der Waals surface area (Å²) in [6, 6.07) is 15.5. The number of aromatic nitrogens is 1. The number of sulfonamides is 1. The van der Waals surface area contributed by atoms with Crippen LogP contribution in [0.25, 0.3) is 0 Å². The maximum atomic E-state index is 13.5. The minimum absolute atomic E-state index is 0.122. The lowest BCUT2D eigenvalue weighted by Gasteiger charge is -2.23. The van der Waals surface area contributed by atoms with Crippen molar-refractivity contribution in [2.75, 3.05) is 14.2 Å². The number of ether oxygens (including phenoxy) is 2. The fraction of sp³-hybridized carbons (Fsp3) is 0.227. The lowest BCUT2D eigenvalue weighted by molar-refractivity contribution is 0.395. The maximum Gasteiger partial charge on any atom is 0.261 e. The van der Waals surface area contributed by atoms with Gasteiger partial charge in [-0.1, -0.05) is 24.3 Å². The molecule has 0 unspecified atom stereocenters. The molecule has 8 heteroatoms. The normalized spacial score (nSPS) is 11.5. The van der Waals surface area contributed by atoms with Gasteiger partial charge in [-0.2, -0.15) is 4.31 Å². The van der Waals surface area contributed by atoms with Gasteiger partial charge in [-0.15, -0.1) is 0 Å². The summed E-state index contributed by atoms with van der Waals surface area (Å²) >= 11 is 0. The van der Waals surface area contributed by atoms with Crippen LogP contribution in [0.1, 0.15) is 16.7 Å². The number of benzene rings is 2. The summed E-state index contributed by atoms with van der Waals surface area (Å²) in [4.78, 5) is 3.86. The van der Waals surface area contributed by atoms with E-state index < -0.39 is 15.8 Å². The van der Waals surface area contributed by atoms with Gasteiger partial charge in [-0.3, -0.25) is 0 Å². The van der Waals surface area contributed by atoms with Crippen molar-refractivity contribution in [1.82, 2.24) is 9.29 Å². The molecule has 3 aromatic rings. The molecule has 158 valence electrons. The molecular weight excluding hydrogens is 407 g/mol. The average Bonchev–Trinajstić information content (AvgIpc) is 2.74. The Hall–Kier alpha value is -2.97. The zero-order chi connectivity index (χ0) is 21.7. The Kier molecular flexibility index (Phi) is 6.69. The van der Waals surface area contributed by atoms with E-state index in [1.54, 1.807) is 62.8 Å². The molecule has 1 aromatic heterocycles. The zero-order valence-electron chi connectivity index (χ0n) is 17.0. The predicted molar refractivity (Wildman–Crippen MR) is 111 cm³/mol. The van der Waals surface area contributed by atoms with Crippen LogP contribution >= 0.6 is 0 Å². The fourth-order valence-electron chi connectivity index (χ4n) is 3.02.